The molecule has 22 heteroatoms. The van der Waals surface area contributed by atoms with Crippen LogP contribution >= 0.6 is 0 Å². The second-order valence-electron chi connectivity index (χ2n) is 15.1. The standard InChI is InChI=1S/C32H50N2O20/c1-31(2)27-17(43)13(39)23(11(7-35)47-27)51-30-20(46)16(42)26(22(50-30)10(38)6-34)54-32(3,4)28-18(44)14(40)24(12(8-36)48-28)52-29-19(45)15(41)25(53-31)21(49-29)9(37)5-33/h9-30,35-46H,7-8H2,1-4H3. The maximum atomic E-state index is 11.3. The average molecular weight is 783 g/mol. The van der Waals surface area contributed by atoms with Crippen molar-refractivity contribution < 1.29 is 99.2 Å². The molecule has 11 aliphatic heterocycles. The number of nitrogens with zero attached hydrogens (tertiary/aromatic N) is 2. The largest absolute Gasteiger partial charge is 0.394 e. The third-order valence-corrected chi connectivity index (χ3v) is 10.6. The van der Waals surface area contributed by atoms with Crippen LogP contribution in [0, 0.1) is 22.7 Å². The zero-order chi connectivity index (χ0) is 40.2. The second-order valence-corrected chi connectivity index (χ2v) is 15.1. The molecule has 0 aliphatic carbocycles. The molecule has 22 unspecified atom stereocenters. The van der Waals surface area contributed by atoms with Gasteiger partial charge in [-0.25, -0.2) is 0 Å². The predicted molar refractivity (Wildman–Crippen MR) is 168 cm³/mol. The minimum absolute atomic E-state index is 0.898. The van der Waals surface area contributed by atoms with E-state index in [-0.39, 0.29) is 0 Å². The number of hydrogen-bond acceptors (Lipinski definition) is 22. The number of hydrogen-bond donors (Lipinski definition) is 12. The van der Waals surface area contributed by atoms with E-state index in [1.807, 2.05) is 0 Å². The zero-order valence-corrected chi connectivity index (χ0v) is 29.6. The Kier molecular flexibility index (Phi) is 13.3. The third kappa shape index (κ3) is 7.87. The highest BCUT2D eigenvalue weighted by Crippen LogP contribution is 2.41. The van der Waals surface area contributed by atoms with Crippen LogP contribution in [-0.4, -0.2) is 220 Å². The molecule has 0 radical (unpaired) electrons. The van der Waals surface area contributed by atoms with E-state index in [9.17, 15) is 71.8 Å². The highest BCUT2D eigenvalue weighted by molar-refractivity contribution is 5.08. The molecule has 0 aromatic heterocycles. The van der Waals surface area contributed by atoms with Crippen molar-refractivity contribution in [3.05, 3.63) is 0 Å². The molecular formula is C32H50N2O20. The van der Waals surface area contributed by atoms with Crippen molar-refractivity contribution in [3.8, 4) is 12.1 Å². The fourth-order valence-electron chi connectivity index (χ4n) is 7.68. The molecule has 12 N–H and O–H groups in total. The van der Waals surface area contributed by atoms with Gasteiger partial charge in [-0.15, -0.1) is 0 Å². The van der Waals surface area contributed by atoms with Gasteiger partial charge in [0.05, 0.1) is 36.6 Å². The Morgan fingerprint density at radius 2 is 0.796 bits per heavy atom. The molecule has 11 heterocycles. The van der Waals surface area contributed by atoms with E-state index in [0.29, 0.717) is 0 Å². The van der Waals surface area contributed by atoms with Crippen molar-refractivity contribution in [2.45, 2.75) is 174 Å². The summed E-state index contributed by atoms with van der Waals surface area (Å²) in [6, 6.07) is 3.06. The predicted octanol–water partition coefficient (Wildman–Crippen LogP) is -7.28. The van der Waals surface area contributed by atoms with Crippen molar-refractivity contribution in [2.75, 3.05) is 13.2 Å². The Labute approximate surface area is 308 Å². The molecule has 308 valence electrons. The van der Waals surface area contributed by atoms with Crippen molar-refractivity contribution in [2.24, 2.45) is 0 Å². The van der Waals surface area contributed by atoms with Gasteiger partial charge < -0.3 is 99.2 Å². The summed E-state index contributed by atoms with van der Waals surface area (Å²) in [5.74, 6) is 0. The van der Waals surface area contributed by atoms with Crippen LogP contribution in [0.25, 0.3) is 0 Å². The highest BCUT2D eigenvalue weighted by Gasteiger charge is 2.60. The molecule has 0 amide bonds. The van der Waals surface area contributed by atoms with E-state index < -0.39 is 159 Å². The van der Waals surface area contributed by atoms with Gasteiger partial charge in [-0.05, 0) is 27.7 Å². The smallest absolute Gasteiger partial charge is 0.187 e. The fraction of sp³-hybridized carbons (Fsp3) is 0.938. The van der Waals surface area contributed by atoms with Crippen LogP contribution in [0.2, 0.25) is 0 Å². The van der Waals surface area contributed by atoms with E-state index in [1.165, 1.54) is 39.8 Å². The van der Waals surface area contributed by atoms with Gasteiger partial charge >= 0.3 is 0 Å². The summed E-state index contributed by atoms with van der Waals surface area (Å²) in [5, 5.41) is 151. The van der Waals surface area contributed by atoms with Gasteiger partial charge in [0.25, 0.3) is 0 Å². The second kappa shape index (κ2) is 16.6. The van der Waals surface area contributed by atoms with Crippen molar-refractivity contribution in [1.82, 2.24) is 0 Å². The zero-order valence-electron chi connectivity index (χ0n) is 29.6. The van der Waals surface area contributed by atoms with Gasteiger partial charge in [0.2, 0.25) is 0 Å². The topological polar surface area (TPSA) is 364 Å². The van der Waals surface area contributed by atoms with Gasteiger partial charge in [0.1, 0.15) is 110 Å². The highest BCUT2D eigenvalue weighted by atomic mass is 16.7. The Balaban J connectivity index is 1.60. The van der Waals surface area contributed by atoms with Crippen LogP contribution in [0.1, 0.15) is 27.7 Å². The molecule has 8 bridgehead atoms. The van der Waals surface area contributed by atoms with Gasteiger partial charge in [-0.1, -0.05) is 0 Å². The Hall–Kier alpha value is -1.82. The molecule has 22 nitrogen and oxygen atoms in total. The minimum Gasteiger partial charge on any atom is -0.394 e. The first-order chi connectivity index (χ1) is 25.2. The minimum atomic E-state index is -2.07. The lowest BCUT2D eigenvalue weighted by Gasteiger charge is -2.53. The molecule has 0 spiro atoms. The summed E-state index contributed by atoms with van der Waals surface area (Å²) in [4.78, 5) is 0. The van der Waals surface area contributed by atoms with Crippen molar-refractivity contribution in [1.29, 1.82) is 10.5 Å². The molecule has 11 fully saturated rings. The van der Waals surface area contributed by atoms with Crippen LogP contribution < -0.4 is 0 Å². The Bertz CT molecular complexity index is 1260. The molecule has 0 aromatic rings. The molecule has 22 atom stereocenters. The normalized spacial score (nSPS) is 50.6. The third-order valence-electron chi connectivity index (χ3n) is 10.6. The average Bonchev–Trinajstić information content (AvgIpc) is 3.13. The Morgan fingerprint density at radius 1 is 0.481 bits per heavy atom. The van der Waals surface area contributed by atoms with E-state index >= 15 is 0 Å². The monoisotopic (exact) mass is 782 g/mol. The lowest BCUT2D eigenvalue weighted by molar-refractivity contribution is -0.383. The van der Waals surface area contributed by atoms with Crippen LogP contribution in [0.3, 0.4) is 0 Å². The van der Waals surface area contributed by atoms with E-state index in [0.717, 1.165) is 0 Å². The fourth-order valence-corrected chi connectivity index (χ4v) is 7.68. The maximum absolute atomic E-state index is 11.3. The number of aliphatic hydroxyl groups is 12. The van der Waals surface area contributed by atoms with Crippen molar-refractivity contribution in [3.63, 3.8) is 0 Å². The first-order valence-electron chi connectivity index (χ1n) is 17.3. The summed E-state index contributed by atoms with van der Waals surface area (Å²) in [6.07, 6.45) is -41.1. The van der Waals surface area contributed by atoms with Crippen LogP contribution in [-0.2, 0) is 37.9 Å². The molecule has 0 aromatic carbocycles. The van der Waals surface area contributed by atoms with E-state index in [1.54, 1.807) is 0 Å². The molecule has 54 heavy (non-hydrogen) atoms. The lowest BCUT2D eigenvalue weighted by atomic mass is 9.85. The van der Waals surface area contributed by atoms with E-state index in [2.05, 4.69) is 0 Å². The maximum Gasteiger partial charge on any atom is 0.187 e. The SMILES string of the molecule is CC1(C)OC2C(O)C(O)C(OC3C(CO)OC(C(O)C3O)C(C)(C)OC3C(O)C(O)C(OC4C(CO)OC1C(O)C4O)OC3C(O)C#N)OC2C(O)C#N. The number of aliphatic hydroxyl groups excluding tert-OH is 12. The lowest BCUT2D eigenvalue weighted by Crippen LogP contribution is -2.71. The van der Waals surface area contributed by atoms with Gasteiger partial charge in [-0.2, -0.15) is 10.5 Å². The first-order valence-corrected chi connectivity index (χ1v) is 17.3. The number of rotatable bonds is 4. The number of nitriles is 2. The van der Waals surface area contributed by atoms with Gasteiger partial charge in [0, 0.05) is 0 Å². The molecule has 11 rings (SSSR count). The van der Waals surface area contributed by atoms with Crippen molar-refractivity contribution >= 4 is 0 Å². The molecule has 11 saturated heterocycles. The quantitative estimate of drug-likeness (QED) is 0.118. The number of ether oxygens (including phenoxy) is 8. The summed E-state index contributed by atoms with van der Waals surface area (Å²) in [7, 11) is 0. The van der Waals surface area contributed by atoms with Crippen LogP contribution in [0.4, 0.5) is 0 Å². The summed E-state index contributed by atoms with van der Waals surface area (Å²) >= 11 is 0. The summed E-state index contributed by atoms with van der Waals surface area (Å²) < 4.78 is 46.9. The van der Waals surface area contributed by atoms with Crippen LogP contribution in [0.5, 0.6) is 0 Å². The van der Waals surface area contributed by atoms with Gasteiger partial charge in [-0.3, -0.25) is 0 Å². The summed E-state index contributed by atoms with van der Waals surface area (Å²) in [5.41, 5.74) is -3.67. The van der Waals surface area contributed by atoms with Crippen LogP contribution in [0.15, 0.2) is 0 Å². The molecular weight excluding hydrogens is 732 g/mol. The first kappa shape index (κ1) is 43.3. The van der Waals surface area contributed by atoms with E-state index in [4.69, 9.17) is 37.9 Å². The summed E-state index contributed by atoms with van der Waals surface area (Å²) in [6.45, 7) is 3.42. The molecule has 11 aliphatic rings. The van der Waals surface area contributed by atoms with Gasteiger partial charge in [0.15, 0.2) is 24.8 Å². The Morgan fingerprint density at radius 3 is 1.09 bits per heavy atom. The molecule has 0 saturated carbocycles.